The summed E-state index contributed by atoms with van der Waals surface area (Å²) >= 11 is 0. The molecule has 0 radical (unpaired) electrons. The number of hydrogen-bond acceptors (Lipinski definition) is 5. The number of amides is 1. The summed E-state index contributed by atoms with van der Waals surface area (Å²) in [6.45, 7) is 6.36. The van der Waals surface area contributed by atoms with Crippen LogP contribution in [-0.2, 0) is 13.0 Å². The van der Waals surface area contributed by atoms with Gasteiger partial charge in [-0.25, -0.2) is 0 Å². The van der Waals surface area contributed by atoms with E-state index in [9.17, 15) is 20.1 Å². The number of allylic oxidation sites excluding steroid dienone is 3. The van der Waals surface area contributed by atoms with Crippen molar-refractivity contribution >= 4 is 5.91 Å². The van der Waals surface area contributed by atoms with Crippen LogP contribution in [0, 0.1) is 0 Å². The summed E-state index contributed by atoms with van der Waals surface area (Å²) < 4.78 is 6.23. The molecule has 158 valence electrons. The second-order valence-electron chi connectivity index (χ2n) is 8.43. The van der Waals surface area contributed by atoms with E-state index in [-0.39, 0.29) is 24.7 Å². The van der Waals surface area contributed by atoms with Crippen molar-refractivity contribution in [2.45, 2.75) is 71.1 Å². The number of phenols is 1. The standard InChI is InChI=1S/C23H31NO5/c1-14(2)6-4-7-15(13-25)8-5-9-23(3)20(27)11-17-19(26)10-16-18(21(17)29-23)12-24-22(16)28/h6,8,10,20,25-27H,4-5,7,9,11-13H2,1-3H3,(H,24,28)/b15-8+/t20-,23-/m0/s1. The number of aromatic hydroxyl groups is 1. The van der Waals surface area contributed by atoms with Gasteiger partial charge in [-0.05, 0) is 58.1 Å². The van der Waals surface area contributed by atoms with E-state index in [0.717, 1.165) is 24.0 Å². The van der Waals surface area contributed by atoms with Crippen molar-refractivity contribution < 1.29 is 24.9 Å². The van der Waals surface area contributed by atoms with Crippen LogP contribution in [0.2, 0.25) is 0 Å². The first kappa shape index (κ1) is 21.4. The van der Waals surface area contributed by atoms with Crippen molar-refractivity contribution in [2.24, 2.45) is 0 Å². The third-order valence-corrected chi connectivity index (χ3v) is 5.87. The SMILES string of the molecule is CC(C)=CCC/C(=C\CC[C@]1(C)Oc2c(c(O)cc3c2CNC3=O)C[C@@H]1O)CO. The van der Waals surface area contributed by atoms with E-state index in [1.54, 1.807) is 0 Å². The van der Waals surface area contributed by atoms with Crippen molar-refractivity contribution in [3.05, 3.63) is 46.1 Å². The Morgan fingerprint density at radius 3 is 2.76 bits per heavy atom. The predicted molar refractivity (Wildman–Crippen MR) is 111 cm³/mol. The molecule has 2 atom stereocenters. The molecule has 0 fully saturated rings. The van der Waals surface area contributed by atoms with Crippen LogP contribution >= 0.6 is 0 Å². The van der Waals surface area contributed by atoms with E-state index in [2.05, 4.69) is 25.2 Å². The molecule has 0 unspecified atom stereocenters. The highest BCUT2D eigenvalue weighted by atomic mass is 16.5. The molecule has 6 heteroatoms. The van der Waals surface area contributed by atoms with E-state index in [0.29, 0.717) is 36.3 Å². The Kier molecular flexibility index (Phi) is 6.34. The number of hydrogen-bond donors (Lipinski definition) is 4. The van der Waals surface area contributed by atoms with E-state index >= 15 is 0 Å². The zero-order valence-corrected chi connectivity index (χ0v) is 17.4. The number of aliphatic hydroxyl groups is 2. The number of carbonyl (C=O) groups is 1. The van der Waals surface area contributed by atoms with Crippen molar-refractivity contribution in [2.75, 3.05) is 6.61 Å². The van der Waals surface area contributed by atoms with Gasteiger partial charge in [0.15, 0.2) is 0 Å². The number of ether oxygens (including phenoxy) is 1. The van der Waals surface area contributed by atoms with Gasteiger partial charge in [0.25, 0.3) is 5.91 Å². The maximum atomic E-state index is 12.0. The smallest absolute Gasteiger partial charge is 0.252 e. The summed E-state index contributed by atoms with van der Waals surface area (Å²) in [4.78, 5) is 12.0. The van der Waals surface area contributed by atoms with Crippen LogP contribution in [0.15, 0.2) is 29.4 Å². The van der Waals surface area contributed by atoms with Gasteiger partial charge in [0.1, 0.15) is 17.1 Å². The molecule has 1 aromatic rings. The molecule has 29 heavy (non-hydrogen) atoms. The van der Waals surface area contributed by atoms with Gasteiger partial charge >= 0.3 is 0 Å². The van der Waals surface area contributed by atoms with E-state index in [1.807, 2.05) is 13.0 Å². The van der Waals surface area contributed by atoms with Gasteiger partial charge in [0.05, 0.1) is 18.3 Å². The molecule has 2 aliphatic rings. The van der Waals surface area contributed by atoms with Crippen LogP contribution in [0.3, 0.4) is 0 Å². The maximum absolute atomic E-state index is 12.0. The molecule has 0 bridgehead atoms. The van der Waals surface area contributed by atoms with Crippen molar-refractivity contribution in [3.63, 3.8) is 0 Å². The lowest BCUT2D eigenvalue weighted by molar-refractivity contribution is -0.0598. The quantitative estimate of drug-likeness (QED) is 0.526. The molecular formula is C23H31NO5. The van der Waals surface area contributed by atoms with Crippen LogP contribution in [0.25, 0.3) is 0 Å². The first-order chi connectivity index (χ1) is 13.7. The minimum Gasteiger partial charge on any atom is -0.508 e. The fourth-order valence-corrected chi connectivity index (χ4v) is 3.98. The normalized spacial score (nSPS) is 23.1. The van der Waals surface area contributed by atoms with Gasteiger partial charge in [-0.2, -0.15) is 0 Å². The molecule has 3 rings (SSSR count). The van der Waals surface area contributed by atoms with E-state index in [1.165, 1.54) is 11.6 Å². The summed E-state index contributed by atoms with van der Waals surface area (Å²) in [6, 6.07) is 1.46. The first-order valence-electron chi connectivity index (χ1n) is 10.2. The Hall–Kier alpha value is -2.31. The molecule has 2 aliphatic heterocycles. The monoisotopic (exact) mass is 401 g/mol. The average Bonchev–Trinajstić information content (AvgIpc) is 3.03. The Balaban J connectivity index is 1.74. The molecule has 0 spiro atoms. The van der Waals surface area contributed by atoms with Crippen LogP contribution in [0.1, 0.15) is 67.9 Å². The van der Waals surface area contributed by atoms with E-state index < -0.39 is 11.7 Å². The number of aliphatic hydroxyl groups excluding tert-OH is 2. The van der Waals surface area contributed by atoms with Gasteiger partial charge in [0, 0.05) is 24.1 Å². The molecule has 2 heterocycles. The number of nitrogens with one attached hydrogen (secondary N) is 1. The summed E-state index contributed by atoms with van der Waals surface area (Å²) in [5.41, 5.74) is 3.13. The largest absolute Gasteiger partial charge is 0.508 e. The van der Waals surface area contributed by atoms with E-state index in [4.69, 9.17) is 4.74 Å². The highest BCUT2D eigenvalue weighted by molar-refractivity contribution is 6.00. The van der Waals surface area contributed by atoms with Gasteiger partial charge < -0.3 is 25.4 Å². The fraction of sp³-hybridized carbons (Fsp3) is 0.522. The summed E-state index contributed by atoms with van der Waals surface area (Å²) in [5, 5.41) is 33.4. The second-order valence-corrected chi connectivity index (χ2v) is 8.43. The van der Waals surface area contributed by atoms with Crippen LogP contribution < -0.4 is 10.1 Å². The molecule has 4 N–H and O–H groups in total. The van der Waals surface area contributed by atoms with Crippen molar-refractivity contribution in [1.82, 2.24) is 5.32 Å². The molecule has 0 aliphatic carbocycles. The van der Waals surface area contributed by atoms with Crippen molar-refractivity contribution in [1.29, 1.82) is 0 Å². The average molecular weight is 402 g/mol. The Labute approximate surface area is 171 Å². The zero-order chi connectivity index (χ0) is 21.2. The molecule has 6 nitrogen and oxygen atoms in total. The number of phenolic OH excluding ortho intramolecular Hbond substituents is 1. The third-order valence-electron chi connectivity index (χ3n) is 5.87. The predicted octanol–water partition coefficient (Wildman–Crippen LogP) is 3.14. The van der Waals surface area contributed by atoms with Gasteiger partial charge in [-0.3, -0.25) is 4.79 Å². The van der Waals surface area contributed by atoms with Crippen LogP contribution in [-0.4, -0.2) is 39.5 Å². The maximum Gasteiger partial charge on any atom is 0.252 e. The third kappa shape index (κ3) is 4.49. The van der Waals surface area contributed by atoms with Crippen molar-refractivity contribution in [3.8, 4) is 11.5 Å². The Morgan fingerprint density at radius 1 is 1.31 bits per heavy atom. The minimum atomic E-state index is -0.836. The number of rotatable bonds is 7. The topological polar surface area (TPSA) is 99.0 Å². The van der Waals surface area contributed by atoms with Crippen LogP contribution in [0.5, 0.6) is 11.5 Å². The fourth-order valence-electron chi connectivity index (χ4n) is 3.98. The van der Waals surface area contributed by atoms with Gasteiger partial charge in [-0.1, -0.05) is 17.7 Å². The van der Waals surface area contributed by atoms with Gasteiger partial charge in [0.2, 0.25) is 0 Å². The lowest BCUT2D eigenvalue weighted by Crippen LogP contribution is -2.49. The molecule has 0 aromatic heterocycles. The molecule has 0 saturated heterocycles. The molecule has 0 saturated carbocycles. The highest BCUT2D eigenvalue weighted by Crippen LogP contribution is 2.44. The molecular weight excluding hydrogens is 370 g/mol. The lowest BCUT2D eigenvalue weighted by atomic mass is 9.84. The summed E-state index contributed by atoms with van der Waals surface area (Å²) in [6.07, 6.45) is 6.59. The Morgan fingerprint density at radius 2 is 2.07 bits per heavy atom. The summed E-state index contributed by atoms with van der Waals surface area (Å²) in [5.74, 6) is 0.279. The van der Waals surface area contributed by atoms with Gasteiger partial charge in [-0.15, -0.1) is 0 Å². The molecule has 1 amide bonds. The number of benzene rings is 1. The van der Waals surface area contributed by atoms with Crippen LogP contribution in [0.4, 0.5) is 0 Å². The Bertz CT molecular complexity index is 853. The highest BCUT2D eigenvalue weighted by Gasteiger charge is 2.43. The number of carbonyl (C=O) groups excluding carboxylic acids is 1. The lowest BCUT2D eigenvalue weighted by Gasteiger charge is -2.40. The first-order valence-corrected chi connectivity index (χ1v) is 10.2. The second kappa shape index (κ2) is 8.59. The minimum absolute atomic E-state index is 0.0152. The summed E-state index contributed by atoms with van der Waals surface area (Å²) in [7, 11) is 0. The number of fused-ring (bicyclic) bond motifs is 3. The molecule has 1 aromatic carbocycles. The zero-order valence-electron chi connectivity index (χ0n) is 17.4.